The molecule has 0 saturated carbocycles. The van der Waals surface area contributed by atoms with Crippen molar-refractivity contribution in [1.29, 1.82) is 0 Å². The summed E-state index contributed by atoms with van der Waals surface area (Å²) in [4.78, 5) is 98.7. The molecule has 6 aliphatic rings. The van der Waals surface area contributed by atoms with Crippen LogP contribution in [0.1, 0.15) is 78.0 Å². The predicted molar refractivity (Wildman–Crippen MR) is 301 cm³/mol. The summed E-state index contributed by atoms with van der Waals surface area (Å²) in [7, 11) is 0. The Hall–Kier alpha value is -4.47. The van der Waals surface area contributed by atoms with Crippen molar-refractivity contribution in [2.75, 3.05) is 77.0 Å². The number of ether oxygens (including phenoxy) is 4. The number of amides is 4. The first-order valence-corrected chi connectivity index (χ1v) is 39.0. The van der Waals surface area contributed by atoms with E-state index in [1.807, 2.05) is 11.9 Å². The van der Waals surface area contributed by atoms with E-state index in [-0.39, 0.29) is 79.4 Å². The first-order valence-electron chi connectivity index (χ1n) is 24.3. The van der Waals surface area contributed by atoms with Crippen molar-refractivity contribution in [1.82, 2.24) is 15.3 Å². The number of carbonyl (C=O) groups is 7. The van der Waals surface area contributed by atoms with Crippen LogP contribution < -0.4 is 53.4 Å². The smallest absolute Gasteiger partial charge is 0.415 e. The first kappa shape index (κ1) is 60.8. The molecule has 0 aliphatic carbocycles. The molecule has 2 fully saturated rings. The standard InChI is InChI=1S/C25H27FN4O5.C14H17N3O4.C11H10FNO2.CH3I.I3/c1-2-29-23(32)10-15-5-6-19(26)18(24(15)29)12-27-9-3-4-17-13-30(25(33)35-17)22-8-7-21-20(28-22)11-16(31)14-34-21;15-5-1-2-10-7-17(14(19)21-10)13-4-3-12-11(16-13)6-9(18)8-20-12;1-2-13-10(15)5-7-3-4-9(12)8(6-14)11(7)13;1-2;1-3-2/h5-8,17,27H,2-4,9-14H2,1H3;3-4,10H,1-2,5-8,15H2;3-4,6H,2,5H2,1H3;1H3;/q;;;;-1. The average Bonchev–Trinajstić information content (AvgIpc) is 4.17. The van der Waals surface area contributed by atoms with Gasteiger partial charge < -0.3 is 39.8 Å². The van der Waals surface area contributed by atoms with Gasteiger partial charge in [0.05, 0.1) is 67.1 Å². The fourth-order valence-corrected chi connectivity index (χ4v) is 9.24. The molecule has 0 radical (unpaired) electrons. The number of Topliss-reactive ketones (excluding diaryl/α,β-unsaturated/α-hetero) is 2. The summed E-state index contributed by atoms with van der Waals surface area (Å²) < 4.78 is 49.3. The maximum atomic E-state index is 14.5. The van der Waals surface area contributed by atoms with Crippen LogP contribution in [0.4, 0.5) is 41.4 Å². The van der Waals surface area contributed by atoms with Gasteiger partial charge >= 0.3 is 62.7 Å². The SMILES string of the molecule is CCN1C(=O)Cc2ccc(F)c(C=O)c21.CCN1C(=O)Cc2ccc(F)c(CNCCCC3CN(c4ccc5c(n4)CC(=O)CO5)C(=O)O3)c21.CI.I[I-]I.NCCCC1CN(c2ccc3c(n2)CC(=O)CO3)C(=O)O1. The molecule has 2 saturated heterocycles. The molecule has 10 rings (SSSR count). The van der Waals surface area contributed by atoms with Gasteiger partial charge in [-0.3, -0.25) is 33.8 Å². The summed E-state index contributed by atoms with van der Waals surface area (Å²) in [5, 5.41) is 3.26. The summed E-state index contributed by atoms with van der Waals surface area (Å²) >= 11 is 7.45. The molecule has 0 bridgehead atoms. The van der Waals surface area contributed by atoms with Gasteiger partial charge in [-0.1, -0.05) is 34.7 Å². The monoisotopic (exact) mass is 1500 g/mol. The normalized spacial score (nSPS) is 17.8. The third kappa shape index (κ3) is 15.0. The number of hydrogen-bond acceptors (Lipinski definition) is 15. The second kappa shape index (κ2) is 29.5. The number of likely N-dealkylation sites (N-methyl/N-ethyl adjacent to an activating group) is 2. The van der Waals surface area contributed by atoms with E-state index in [2.05, 4.69) is 75.1 Å². The number of ketones is 2. The maximum absolute atomic E-state index is 14.5. The van der Waals surface area contributed by atoms with Gasteiger partial charge in [0, 0.05) is 25.2 Å². The van der Waals surface area contributed by atoms with Crippen molar-refractivity contribution >= 4 is 125 Å². The molecular weight excluding hydrogens is 1450 g/mol. The number of halogens is 6. The molecule has 4 aromatic rings. The Morgan fingerprint density at radius 3 is 1.66 bits per heavy atom. The van der Waals surface area contributed by atoms with Crippen LogP contribution in [0.2, 0.25) is 0 Å². The minimum absolute atomic E-state index is 0.00510. The first-order chi connectivity index (χ1) is 36.7. The summed E-state index contributed by atoms with van der Waals surface area (Å²) in [5.41, 5.74) is 9.78. The number of nitrogens with one attached hydrogen (secondary N) is 1. The van der Waals surface area contributed by atoms with E-state index in [0.717, 1.165) is 30.4 Å². The molecule has 2 atom stereocenters. The molecule has 6 aliphatic heterocycles. The molecule has 76 heavy (non-hydrogen) atoms. The third-order valence-corrected chi connectivity index (χ3v) is 12.7. The van der Waals surface area contributed by atoms with Gasteiger partial charge in [0.25, 0.3) is 0 Å². The number of nitrogens with two attached hydrogens (primary N) is 1. The second-order valence-electron chi connectivity index (χ2n) is 17.5. The van der Waals surface area contributed by atoms with Gasteiger partial charge in [0.2, 0.25) is 11.8 Å². The van der Waals surface area contributed by atoms with E-state index >= 15 is 0 Å². The minimum Gasteiger partial charge on any atom is -0.484 e. The van der Waals surface area contributed by atoms with Crippen molar-refractivity contribution < 1.29 is 74.5 Å². The Kier molecular flexibility index (Phi) is 23.6. The van der Waals surface area contributed by atoms with Crippen LogP contribution in [-0.4, -0.2) is 121 Å². The minimum atomic E-state index is -0.572. The largest absolute Gasteiger partial charge is 0.484 e. The molecule has 25 heteroatoms. The number of cyclic esters (lactones) is 2. The molecule has 0 spiro atoms. The fourth-order valence-electron chi connectivity index (χ4n) is 9.24. The number of pyridine rings is 2. The van der Waals surface area contributed by atoms with Crippen molar-refractivity contribution in [2.24, 2.45) is 5.73 Å². The number of rotatable bonds is 14. The number of carbonyl (C=O) groups excluding carboxylic acids is 7. The number of hydrogen-bond donors (Lipinski definition) is 2. The number of fused-ring (bicyclic) bond motifs is 4. The van der Waals surface area contributed by atoms with Crippen LogP contribution in [0, 0.1) is 11.6 Å². The van der Waals surface area contributed by atoms with E-state index in [9.17, 15) is 42.3 Å². The molecule has 4 amide bonds. The van der Waals surface area contributed by atoms with E-state index < -0.39 is 18.0 Å². The van der Waals surface area contributed by atoms with Crippen LogP contribution in [-0.2, 0) is 60.9 Å². The molecule has 410 valence electrons. The number of aldehydes is 1. The van der Waals surface area contributed by atoms with Crippen molar-refractivity contribution in [3.8, 4) is 11.5 Å². The zero-order valence-corrected chi connectivity index (χ0v) is 50.5. The van der Waals surface area contributed by atoms with Gasteiger partial charge in [-0.25, -0.2) is 28.3 Å². The third-order valence-electron chi connectivity index (χ3n) is 12.7. The number of aromatic nitrogens is 2. The molecule has 2 unspecified atom stereocenters. The van der Waals surface area contributed by atoms with Crippen LogP contribution in [0.15, 0.2) is 48.5 Å². The summed E-state index contributed by atoms with van der Waals surface area (Å²) in [6.07, 6.45) is 3.05. The Labute approximate surface area is 482 Å². The summed E-state index contributed by atoms with van der Waals surface area (Å²) in [6, 6.07) is 12.8. The van der Waals surface area contributed by atoms with Crippen LogP contribution in [0.3, 0.4) is 0 Å². The Morgan fingerprint density at radius 2 is 1.17 bits per heavy atom. The average molecular weight is 1500 g/mol. The van der Waals surface area contributed by atoms with Crippen molar-refractivity contribution in [3.63, 3.8) is 0 Å². The van der Waals surface area contributed by atoms with Gasteiger partial charge in [0.15, 0.2) is 17.9 Å². The van der Waals surface area contributed by atoms with Gasteiger partial charge in [-0.15, -0.1) is 0 Å². The number of anilines is 4. The van der Waals surface area contributed by atoms with Crippen LogP contribution in [0.5, 0.6) is 11.5 Å². The van der Waals surface area contributed by atoms with Gasteiger partial charge in [0.1, 0.15) is 60.2 Å². The zero-order valence-electron chi connectivity index (χ0n) is 41.9. The quantitative estimate of drug-likeness (QED) is 0.0763. The molecular formula is C51H57F2I4N8O11-. The summed E-state index contributed by atoms with van der Waals surface area (Å²) in [6.45, 7) is 7.09. The predicted octanol–water partition coefficient (Wildman–Crippen LogP) is 4.55. The molecule has 8 heterocycles. The molecule has 2 aromatic heterocycles. The van der Waals surface area contributed by atoms with Crippen molar-refractivity contribution in [3.05, 3.63) is 93.8 Å². The Morgan fingerprint density at radius 1 is 0.697 bits per heavy atom. The van der Waals surface area contributed by atoms with Crippen LogP contribution >= 0.6 is 59.8 Å². The number of alkyl halides is 1. The van der Waals surface area contributed by atoms with E-state index in [1.165, 1.54) is 26.8 Å². The number of benzene rings is 2. The fraction of sp³-hybridized carbons (Fsp3) is 0.431. The molecule has 2 aromatic carbocycles. The maximum Gasteiger partial charge on any atom is 0.415 e. The van der Waals surface area contributed by atoms with E-state index in [4.69, 9.17) is 24.7 Å². The van der Waals surface area contributed by atoms with Gasteiger partial charge in [-0.2, -0.15) is 0 Å². The van der Waals surface area contributed by atoms with Crippen LogP contribution in [0.25, 0.3) is 0 Å². The number of nitrogens with zero attached hydrogens (tertiary/aromatic N) is 6. The molecule has 3 N–H and O–H groups in total. The van der Waals surface area contributed by atoms with E-state index in [0.29, 0.717) is 130 Å². The van der Waals surface area contributed by atoms with Crippen molar-refractivity contribution in [2.45, 2.75) is 84.0 Å². The zero-order chi connectivity index (χ0) is 55.1. The topological polar surface area (TPSA) is 233 Å². The Balaban J connectivity index is 0.000000194. The summed E-state index contributed by atoms with van der Waals surface area (Å²) in [5.74, 6) is 1.05. The van der Waals surface area contributed by atoms with E-state index in [1.54, 1.807) is 48.2 Å². The van der Waals surface area contributed by atoms with Gasteiger partial charge in [-0.05, 0) is 105 Å². The second-order valence-corrected chi connectivity index (χ2v) is 33.8. The molecule has 19 nitrogen and oxygen atoms in total. The Bertz CT molecular complexity index is 2800.